The summed E-state index contributed by atoms with van der Waals surface area (Å²) in [5, 5.41) is 5.21. The molecule has 1 aromatic heterocycles. The predicted molar refractivity (Wildman–Crippen MR) is 198 cm³/mol. The van der Waals surface area contributed by atoms with Crippen molar-refractivity contribution in [3.8, 4) is 22.6 Å². The van der Waals surface area contributed by atoms with Gasteiger partial charge >= 0.3 is 6.85 Å². The van der Waals surface area contributed by atoms with Crippen molar-refractivity contribution in [3.05, 3.63) is 150 Å². The van der Waals surface area contributed by atoms with E-state index in [2.05, 4.69) is 151 Å². The van der Waals surface area contributed by atoms with E-state index in [0.717, 1.165) is 28.6 Å². The number of hydrogen-bond acceptors (Lipinski definition) is 2. The van der Waals surface area contributed by atoms with Gasteiger partial charge in [0.2, 0.25) is 0 Å². The quantitative estimate of drug-likeness (QED) is 0.183. The molecule has 2 aliphatic rings. The molecular weight excluding hydrogens is 571 g/mol. The molecule has 7 aromatic carbocycles. The Bertz CT molecular complexity index is 2550. The average molecular weight is 603 g/mol. The van der Waals surface area contributed by atoms with E-state index in [4.69, 9.17) is 4.74 Å². The minimum atomic E-state index is 0.0278. The summed E-state index contributed by atoms with van der Waals surface area (Å²) >= 11 is 0. The maximum absolute atomic E-state index is 6.37. The van der Waals surface area contributed by atoms with Crippen LogP contribution in [0.25, 0.3) is 43.7 Å². The summed E-state index contributed by atoms with van der Waals surface area (Å²) in [5.74, 6) is 1.73. The van der Waals surface area contributed by atoms with E-state index in [1.54, 1.807) is 0 Å². The molecule has 0 amide bonds. The van der Waals surface area contributed by atoms with Crippen LogP contribution in [0, 0.1) is 20.8 Å². The third kappa shape index (κ3) is 3.64. The van der Waals surface area contributed by atoms with Crippen LogP contribution in [0.2, 0.25) is 0 Å². The Morgan fingerprint density at radius 3 is 2.02 bits per heavy atom. The summed E-state index contributed by atoms with van der Waals surface area (Å²) in [4.78, 5) is 2.35. The Kier molecular flexibility index (Phi) is 5.43. The fourth-order valence-corrected chi connectivity index (χ4v) is 8.54. The number of ether oxygens (including phenoxy) is 1. The summed E-state index contributed by atoms with van der Waals surface area (Å²) < 4.78 is 9.01. The van der Waals surface area contributed by atoms with Crippen LogP contribution in [0.5, 0.6) is 11.5 Å². The van der Waals surface area contributed by atoms with Gasteiger partial charge in [-0.05, 0) is 90.5 Å². The van der Waals surface area contributed by atoms with Crippen LogP contribution < -0.4 is 20.6 Å². The van der Waals surface area contributed by atoms with Crippen molar-refractivity contribution in [1.29, 1.82) is 0 Å². The van der Waals surface area contributed by atoms with E-state index in [-0.39, 0.29) is 6.85 Å². The van der Waals surface area contributed by atoms with Crippen molar-refractivity contribution >= 4 is 67.4 Å². The molecule has 3 nitrogen and oxygen atoms in total. The van der Waals surface area contributed by atoms with E-state index < -0.39 is 0 Å². The predicted octanol–water partition coefficient (Wildman–Crippen LogP) is 10.1. The zero-order valence-electron chi connectivity index (χ0n) is 26.6. The Morgan fingerprint density at radius 1 is 0.574 bits per heavy atom. The van der Waals surface area contributed by atoms with E-state index >= 15 is 0 Å². The average Bonchev–Trinajstić information content (AvgIpc) is 3.43. The van der Waals surface area contributed by atoms with E-state index in [9.17, 15) is 0 Å². The highest BCUT2D eigenvalue weighted by molar-refractivity contribution is 6.87. The van der Waals surface area contributed by atoms with Gasteiger partial charge in [-0.3, -0.25) is 0 Å². The summed E-state index contributed by atoms with van der Waals surface area (Å²) in [5.41, 5.74) is 15.0. The molecule has 0 spiro atoms. The highest BCUT2D eigenvalue weighted by atomic mass is 16.5. The number of hydrogen-bond donors (Lipinski definition) is 0. The van der Waals surface area contributed by atoms with Crippen LogP contribution in [-0.4, -0.2) is 11.3 Å². The summed E-state index contributed by atoms with van der Waals surface area (Å²) in [6.07, 6.45) is 0. The highest BCUT2D eigenvalue weighted by Gasteiger charge is 2.37. The number of benzene rings is 7. The normalized spacial score (nSPS) is 13.1. The number of nitrogens with zero attached hydrogens (tertiary/aromatic N) is 2. The molecule has 2 aliphatic heterocycles. The molecule has 0 fully saturated rings. The topological polar surface area (TPSA) is 17.4 Å². The second-order valence-corrected chi connectivity index (χ2v) is 13.1. The number of rotatable bonds is 2. The zero-order chi connectivity index (χ0) is 31.4. The molecular formula is C43H31BN2O. The second-order valence-electron chi connectivity index (χ2n) is 13.1. The first kappa shape index (κ1) is 26.5. The van der Waals surface area contributed by atoms with Crippen LogP contribution in [0.15, 0.2) is 133 Å². The molecule has 0 unspecified atom stereocenters. The van der Waals surface area contributed by atoms with Crippen LogP contribution >= 0.6 is 0 Å². The molecule has 10 rings (SSSR count). The molecule has 4 heteroatoms. The second kappa shape index (κ2) is 9.64. The maximum Gasteiger partial charge on any atom is 0.329 e. The maximum atomic E-state index is 6.37. The number of aromatic nitrogens is 1. The van der Waals surface area contributed by atoms with Gasteiger partial charge in [0.25, 0.3) is 0 Å². The van der Waals surface area contributed by atoms with Crippen molar-refractivity contribution in [2.24, 2.45) is 0 Å². The van der Waals surface area contributed by atoms with Crippen molar-refractivity contribution in [3.63, 3.8) is 0 Å². The standard InChI is InChI=1S/C43H31BN2O/c1-26-23-27(2)42(28(3)24-26)44-35-21-20-30(45-36-15-6-8-17-39(36)47-40-18-9-7-16-37(40)45)25-34(35)32-13-10-14-33-41-31-12-5-4-11-29(31)19-22-38(41)46(44)43(32)33/h4-25H,1-3H3. The summed E-state index contributed by atoms with van der Waals surface area (Å²) in [6.45, 7) is 6.79. The van der Waals surface area contributed by atoms with Gasteiger partial charge in [0, 0.05) is 33.1 Å². The Labute approximate surface area is 274 Å². The molecule has 0 radical (unpaired) electrons. The Balaban J connectivity index is 1.32. The summed E-state index contributed by atoms with van der Waals surface area (Å²) in [6, 6.07) is 48.8. The number of para-hydroxylation sites is 5. The fraction of sp³-hybridized carbons (Fsp3) is 0.0698. The van der Waals surface area contributed by atoms with Crippen LogP contribution in [0.3, 0.4) is 0 Å². The van der Waals surface area contributed by atoms with Gasteiger partial charge in [-0.2, -0.15) is 0 Å². The van der Waals surface area contributed by atoms with Crippen molar-refractivity contribution in [2.75, 3.05) is 4.90 Å². The number of fused-ring (bicyclic) bond motifs is 9. The van der Waals surface area contributed by atoms with E-state index in [0.29, 0.717) is 0 Å². The van der Waals surface area contributed by atoms with Crippen LogP contribution in [0.1, 0.15) is 16.7 Å². The van der Waals surface area contributed by atoms with Gasteiger partial charge in [0.1, 0.15) is 0 Å². The third-order valence-electron chi connectivity index (χ3n) is 10.3. The fourth-order valence-electron chi connectivity index (χ4n) is 8.54. The molecule has 8 aromatic rings. The van der Waals surface area contributed by atoms with Crippen molar-refractivity contribution in [2.45, 2.75) is 20.8 Å². The lowest BCUT2D eigenvalue weighted by atomic mass is 9.45. The van der Waals surface area contributed by atoms with Gasteiger partial charge in [0.05, 0.1) is 11.4 Å². The number of aryl methyl sites for hydroxylation is 3. The van der Waals surface area contributed by atoms with Gasteiger partial charge < -0.3 is 14.1 Å². The lowest BCUT2D eigenvalue weighted by Gasteiger charge is -2.34. The van der Waals surface area contributed by atoms with E-state index in [1.807, 2.05) is 12.1 Å². The first-order valence-electron chi connectivity index (χ1n) is 16.4. The Hall–Kier alpha value is -5.74. The molecule has 0 saturated heterocycles. The monoisotopic (exact) mass is 602 g/mol. The molecule has 47 heavy (non-hydrogen) atoms. The highest BCUT2D eigenvalue weighted by Crippen LogP contribution is 2.51. The van der Waals surface area contributed by atoms with Crippen molar-refractivity contribution < 1.29 is 4.74 Å². The Morgan fingerprint density at radius 2 is 1.26 bits per heavy atom. The van der Waals surface area contributed by atoms with Gasteiger partial charge in [0.15, 0.2) is 11.5 Å². The third-order valence-corrected chi connectivity index (χ3v) is 10.3. The first-order chi connectivity index (χ1) is 23.1. The van der Waals surface area contributed by atoms with Gasteiger partial charge in [-0.1, -0.05) is 108 Å². The largest absolute Gasteiger partial charge is 0.453 e. The minimum absolute atomic E-state index is 0.0278. The number of anilines is 3. The molecule has 0 atom stereocenters. The van der Waals surface area contributed by atoms with Gasteiger partial charge in [-0.15, -0.1) is 0 Å². The zero-order valence-corrected chi connectivity index (χ0v) is 26.6. The summed E-state index contributed by atoms with van der Waals surface area (Å²) in [7, 11) is 0. The lowest BCUT2D eigenvalue weighted by Crippen LogP contribution is -2.53. The first-order valence-corrected chi connectivity index (χ1v) is 16.4. The van der Waals surface area contributed by atoms with E-state index in [1.165, 1.54) is 71.3 Å². The minimum Gasteiger partial charge on any atom is -0.453 e. The van der Waals surface area contributed by atoms with Crippen LogP contribution in [-0.2, 0) is 0 Å². The molecule has 0 saturated carbocycles. The molecule has 3 heterocycles. The molecule has 0 bridgehead atoms. The smallest absolute Gasteiger partial charge is 0.329 e. The molecule has 222 valence electrons. The van der Waals surface area contributed by atoms with Crippen LogP contribution in [0.4, 0.5) is 17.1 Å². The molecule has 0 N–H and O–H groups in total. The molecule has 0 aliphatic carbocycles. The lowest BCUT2D eigenvalue weighted by molar-refractivity contribution is 0.477. The van der Waals surface area contributed by atoms with Gasteiger partial charge in [-0.25, -0.2) is 0 Å². The van der Waals surface area contributed by atoms with Crippen molar-refractivity contribution in [1.82, 2.24) is 4.48 Å². The SMILES string of the molecule is Cc1cc(C)c(B2c3ccc(N4c5ccccc5Oc5ccccc54)cc3-c3cccc4c5c6ccccc6ccc5n2c34)c(C)c1.